The molecule has 1 aliphatic rings. The lowest BCUT2D eigenvalue weighted by Gasteiger charge is -2.46. The molecule has 1 aromatic carbocycles. The Morgan fingerprint density at radius 1 is 1.48 bits per heavy atom. The molecule has 1 fully saturated rings. The number of carbonyl (C=O) groups is 1. The zero-order valence-corrected chi connectivity index (χ0v) is 14.1. The third-order valence-electron chi connectivity index (χ3n) is 3.27. The van der Waals surface area contributed by atoms with Crippen LogP contribution in [0.5, 0.6) is 0 Å². The molecule has 0 unspecified atom stereocenters. The number of hydrogen-bond acceptors (Lipinski definition) is 4. The number of carboxylic acids is 1. The molecular formula is C13H16BrNO5S. The fraction of sp³-hybridized carbons (Fsp3) is 0.462. The Labute approximate surface area is 131 Å². The van der Waals surface area contributed by atoms with Gasteiger partial charge in [0, 0.05) is 17.6 Å². The summed E-state index contributed by atoms with van der Waals surface area (Å²) in [5, 5.41) is 8.60. The third-order valence-corrected chi connectivity index (χ3v) is 6.04. The second-order valence-corrected chi connectivity index (χ2v) is 8.10. The van der Waals surface area contributed by atoms with Crippen molar-refractivity contribution in [1.29, 1.82) is 0 Å². The van der Waals surface area contributed by atoms with Crippen molar-refractivity contribution in [3.63, 3.8) is 0 Å². The molecule has 0 saturated carbocycles. The predicted octanol–water partition coefficient (Wildman–Crippen LogP) is 1.62. The molecule has 0 radical (unpaired) electrons. The van der Waals surface area contributed by atoms with Crippen molar-refractivity contribution in [2.24, 2.45) is 0 Å². The summed E-state index contributed by atoms with van der Waals surface area (Å²) in [5.41, 5.74) is 0.210. The van der Waals surface area contributed by atoms with Crippen LogP contribution in [0.1, 0.15) is 12.5 Å². The van der Waals surface area contributed by atoms with E-state index in [9.17, 15) is 13.2 Å². The molecule has 0 bridgehead atoms. The second kappa shape index (κ2) is 5.68. The van der Waals surface area contributed by atoms with E-state index >= 15 is 0 Å². The number of carboxylic acid groups (broad SMARTS) is 1. The fourth-order valence-corrected chi connectivity index (χ4v) is 4.97. The minimum absolute atomic E-state index is 0.142. The molecule has 2 rings (SSSR count). The zero-order valence-electron chi connectivity index (χ0n) is 11.7. The number of aliphatic carboxylic acids is 1. The van der Waals surface area contributed by atoms with E-state index in [0.29, 0.717) is 4.47 Å². The second-order valence-electron chi connectivity index (χ2n) is 5.34. The lowest BCUT2D eigenvalue weighted by molar-refractivity contribution is -0.157. The van der Waals surface area contributed by atoms with E-state index in [4.69, 9.17) is 9.84 Å². The third kappa shape index (κ3) is 3.45. The van der Waals surface area contributed by atoms with Gasteiger partial charge in [-0.05, 0) is 47.5 Å². The molecule has 116 valence electrons. The van der Waals surface area contributed by atoms with E-state index in [1.54, 1.807) is 25.1 Å². The molecule has 0 aromatic heterocycles. The summed E-state index contributed by atoms with van der Waals surface area (Å²) in [6, 6.07) is 5.03. The van der Waals surface area contributed by atoms with Crippen LogP contribution in [-0.2, 0) is 19.6 Å². The van der Waals surface area contributed by atoms with Crippen molar-refractivity contribution in [1.82, 2.24) is 4.31 Å². The van der Waals surface area contributed by atoms with E-state index in [-0.39, 0.29) is 18.0 Å². The van der Waals surface area contributed by atoms with Crippen molar-refractivity contribution in [2.45, 2.75) is 24.3 Å². The average molecular weight is 378 g/mol. The van der Waals surface area contributed by atoms with Gasteiger partial charge in [-0.3, -0.25) is 0 Å². The molecule has 8 heteroatoms. The van der Waals surface area contributed by atoms with Gasteiger partial charge in [0.1, 0.15) is 6.61 Å². The van der Waals surface area contributed by atoms with Gasteiger partial charge in [0.15, 0.2) is 0 Å². The molecule has 21 heavy (non-hydrogen) atoms. The van der Waals surface area contributed by atoms with Crippen molar-refractivity contribution in [3.05, 3.63) is 28.2 Å². The molecule has 1 aliphatic heterocycles. The summed E-state index contributed by atoms with van der Waals surface area (Å²) in [6.45, 7) is 3.43. The van der Waals surface area contributed by atoms with Crippen molar-refractivity contribution in [2.75, 3.05) is 19.7 Å². The minimum atomic E-state index is -3.60. The van der Waals surface area contributed by atoms with E-state index in [1.165, 1.54) is 4.31 Å². The molecular weight excluding hydrogens is 362 g/mol. The normalized spacial score (nSPS) is 18.2. The average Bonchev–Trinajstić information content (AvgIpc) is 2.32. The Balaban J connectivity index is 2.11. The summed E-state index contributed by atoms with van der Waals surface area (Å²) >= 11 is 3.27. The highest BCUT2D eigenvalue weighted by molar-refractivity contribution is 9.10. The Kier molecular flexibility index (Phi) is 4.44. The molecule has 0 amide bonds. The Morgan fingerprint density at radius 2 is 2.10 bits per heavy atom. The molecule has 1 aromatic rings. The maximum Gasteiger partial charge on any atom is 0.329 e. The summed E-state index contributed by atoms with van der Waals surface area (Å²) < 4.78 is 32.0. The molecule has 0 atom stereocenters. The van der Waals surface area contributed by atoms with Gasteiger partial charge in [-0.2, -0.15) is 4.31 Å². The van der Waals surface area contributed by atoms with Crippen LogP contribution in [0, 0.1) is 6.92 Å². The lowest BCUT2D eigenvalue weighted by Crippen LogP contribution is -2.63. The first kappa shape index (κ1) is 16.4. The Bertz CT molecular complexity index is 667. The molecule has 1 N–H and O–H groups in total. The number of hydrogen-bond donors (Lipinski definition) is 1. The first-order valence-electron chi connectivity index (χ1n) is 6.26. The fourth-order valence-electron chi connectivity index (χ4n) is 2.15. The molecule has 6 nitrogen and oxygen atoms in total. The lowest BCUT2D eigenvalue weighted by atomic mass is 10.0. The van der Waals surface area contributed by atoms with Crippen LogP contribution in [0.25, 0.3) is 0 Å². The quantitative estimate of drug-likeness (QED) is 0.842. The number of rotatable bonds is 5. The molecule has 0 spiro atoms. The number of sulfonamides is 1. The topological polar surface area (TPSA) is 83.9 Å². The van der Waals surface area contributed by atoms with Gasteiger partial charge in [0.2, 0.25) is 10.0 Å². The van der Waals surface area contributed by atoms with Gasteiger partial charge in [0.05, 0.1) is 10.5 Å². The van der Waals surface area contributed by atoms with Gasteiger partial charge in [-0.15, -0.1) is 0 Å². The van der Waals surface area contributed by atoms with Crippen LogP contribution >= 0.6 is 15.9 Å². The van der Waals surface area contributed by atoms with Gasteiger partial charge < -0.3 is 9.84 Å². The van der Waals surface area contributed by atoms with Crippen LogP contribution < -0.4 is 0 Å². The van der Waals surface area contributed by atoms with Crippen molar-refractivity contribution in [3.8, 4) is 0 Å². The van der Waals surface area contributed by atoms with Crippen LogP contribution in [0.4, 0.5) is 0 Å². The standard InChI is InChI=1S/C13H16BrNO5S/c1-9-3-4-11(10(14)5-9)21(18,19)15-7-13(2,8-15)20-6-12(16)17/h3-5H,6-8H2,1-2H3,(H,16,17). The van der Waals surface area contributed by atoms with Crippen LogP contribution in [0.2, 0.25) is 0 Å². The minimum Gasteiger partial charge on any atom is -0.480 e. The monoisotopic (exact) mass is 377 g/mol. The van der Waals surface area contributed by atoms with E-state index in [2.05, 4.69) is 15.9 Å². The van der Waals surface area contributed by atoms with Crippen LogP contribution in [0.15, 0.2) is 27.6 Å². The number of ether oxygens (including phenoxy) is 1. The summed E-state index contributed by atoms with van der Waals surface area (Å²) in [4.78, 5) is 10.7. The number of aryl methyl sites for hydroxylation is 1. The van der Waals surface area contributed by atoms with Gasteiger partial charge in [-0.1, -0.05) is 6.07 Å². The van der Waals surface area contributed by atoms with E-state index < -0.39 is 28.2 Å². The number of benzene rings is 1. The largest absolute Gasteiger partial charge is 0.480 e. The summed E-state index contributed by atoms with van der Waals surface area (Å²) in [5.74, 6) is -1.07. The van der Waals surface area contributed by atoms with Gasteiger partial charge >= 0.3 is 5.97 Å². The number of halogens is 1. The highest BCUT2D eigenvalue weighted by Crippen LogP contribution is 2.33. The van der Waals surface area contributed by atoms with Crippen molar-refractivity contribution < 1.29 is 23.1 Å². The zero-order chi connectivity index (χ0) is 15.8. The Morgan fingerprint density at radius 3 is 2.62 bits per heavy atom. The molecule has 1 saturated heterocycles. The maximum atomic E-state index is 12.5. The van der Waals surface area contributed by atoms with E-state index in [1.807, 2.05) is 6.92 Å². The van der Waals surface area contributed by atoms with Crippen LogP contribution in [-0.4, -0.2) is 49.1 Å². The highest BCUT2D eigenvalue weighted by Gasteiger charge is 2.46. The van der Waals surface area contributed by atoms with Gasteiger partial charge in [-0.25, -0.2) is 13.2 Å². The molecule has 1 heterocycles. The number of nitrogens with zero attached hydrogens (tertiary/aromatic N) is 1. The smallest absolute Gasteiger partial charge is 0.329 e. The summed E-state index contributed by atoms with van der Waals surface area (Å²) in [6.07, 6.45) is 0. The predicted molar refractivity (Wildman–Crippen MR) is 79.6 cm³/mol. The Hall–Kier alpha value is -0.960. The highest BCUT2D eigenvalue weighted by atomic mass is 79.9. The molecule has 0 aliphatic carbocycles. The maximum absolute atomic E-state index is 12.5. The van der Waals surface area contributed by atoms with Crippen LogP contribution in [0.3, 0.4) is 0 Å². The van der Waals surface area contributed by atoms with E-state index in [0.717, 1.165) is 5.56 Å². The first-order chi connectivity index (χ1) is 9.64. The summed E-state index contributed by atoms with van der Waals surface area (Å²) in [7, 11) is -3.60. The SMILES string of the molecule is Cc1ccc(S(=O)(=O)N2CC(C)(OCC(=O)O)C2)c(Br)c1. The first-order valence-corrected chi connectivity index (χ1v) is 8.49. The van der Waals surface area contributed by atoms with Gasteiger partial charge in [0.25, 0.3) is 0 Å². The van der Waals surface area contributed by atoms with Crippen molar-refractivity contribution >= 4 is 31.9 Å².